The zero-order valence-electron chi connectivity index (χ0n) is 10.5. The minimum absolute atomic E-state index is 0. The van der Waals surface area contributed by atoms with Crippen LogP contribution in [0, 0.1) is 10.1 Å². The molecule has 0 saturated carbocycles. The quantitative estimate of drug-likeness (QED) is 0.367. The second-order valence-corrected chi connectivity index (χ2v) is 5.00. The molecule has 0 spiro atoms. The third-order valence-corrected chi connectivity index (χ3v) is 2.98. The van der Waals surface area contributed by atoms with Crippen molar-refractivity contribution in [2.24, 2.45) is 0 Å². The van der Waals surface area contributed by atoms with Crippen LogP contribution < -0.4 is 0 Å². The molecule has 0 fully saturated rings. The first-order chi connectivity index (χ1) is 8.14. The molecule has 0 aliphatic carbocycles. The zero-order valence-corrected chi connectivity index (χ0v) is 13.3. The molecule has 1 amide bonds. The summed E-state index contributed by atoms with van der Waals surface area (Å²) in [5.74, 6) is -0.683. The van der Waals surface area contributed by atoms with Crippen molar-refractivity contribution < 1.29 is 22.7 Å². The molecule has 1 rings (SSSR count). The SMILES string of the molecule is CN(C)C(=O)c1ccc([N+](=O)[O-])cc1S(=O)(=O)O.[Na]. The van der Waals surface area contributed by atoms with Gasteiger partial charge >= 0.3 is 0 Å². The number of benzene rings is 1. The topological polar surface area (TPSA) is 118 Å². The number of nitro groups is 1. The van der Waals surface area contributed by atoms with Gasteiger partial charge in [-0.1, -0.05) is 0 Å². The minimum Gasteiger partial charge on any atom is -0.345 e. The minimum atomic E-state index is -4.72. The Bertz CT molecular complexity index is 613. The van der Waals surface area contributed by atoms with Crippen LogP contribution in [0.2, 0.25) is 0 Å². The fourth-order valence-corrected chi connectivity index (χ4v) is 1.96. The molecule has 0 aromatic heterocycles. The summed E-state index contributed by atoms with van der Waals surface area (Å²) in [7, 11) is -1.95. The van der Waals surface area contributed by atoms with Crippen LogP contribution in [0.3, 0.4) is 0 Å². The van der Waals surface area contributed by atoms with Crippen molar-refractivity contribution in [2.45, 2.75) is 4.90 Å². The van der Waals surface area contributed by atoms with Gasteiger partial charge in [0.1, 0.15) is 4.90 Å². The number of carbonyl (C=O) groups excluding carboxylic acids is 1. The first-order valence-corrected chi connectivity index (χ1v) is 6.06. The smallest absolute Gasteiger partial charge is 0.295 e. The van der Waals surface area contributed by atoms with Crippen molar-refractivity contribution in [3.05, 3.63) is 33.9 Å². The van der Waals surface area contributed by atoms with E-state index < -0.39 is 31.5 Å². The number of hydrogen-bond acceptors (Lipinski definition) is 5. The van der Waals surface area contributed by atoms with Crippen molar-refractivity contribution in [3.8, 4) is 0 Å². The summed E-state index contributed by atoms with van der Waals surface area (Å²) in [6.07, 6.45) is 0. The third kappa shape index (κ3) is 4.25. The molecule has 99 valence electrons. The molecule has 1 radical (unpaired) electrons. The van der Waals surface area contributed by atoms with Crippen LogP contribution in [0.15, 0.2) is 23.1 Å². The van der Waals surface area contributed by atoms with Crippen molar-refractivity contribution in [1.29, 1.82) is 0 Å². The predicted octanol–water partition coefficient (Wildman–Crippen LogP) is 0.162. The average Bonchev–Trinajstić information content (AvgIpc) is 2.25. The van der Waals surface area contributed by atoms with E-state index in [1.165, 1.54) is 14.1 Å². The molecule has 0 unspecified atom stereocenters. The van der Waals surface area contributed by atoms with E-state index in [0.717, 1.165) is 17.0 Å². The Hall–Kier alpha value is -1.000. The van der Waals surface area contributed by atoms with Gasteiger partial charge in [0.05, 0.1) is 10.5 Å². The Balaban J connectivity index is 0.00000324. The molecule has 19 heavy (non-hydrogen) atoms. The molecule has 10 heteroatoms. The van der Waals surface area contributed by atoms with E-state index in [1.54, 1.807) is 0 Å². The van der Waals surface area contributed by atoms with Crippen LogP contribution >= 0.6 is 0 Å². The molecule has 0 heterocycles. The summed E-state index contributed by atoms with van der Waals surface area (Å²) < 4.78 is 31.2. The third-order valence-electron chi connectivity index (χ3n) is 2.09. The van der Waals surface area contributed by atoms with E-state index >= 15 is 0 Å². The number of hydrogen-bond donors (Lipinski definition) is 1. The Labute approximate surface area is 131 Å². The van der Waals surface area contributed by atoms with E-state index in [-0.39, 0.29) is 35.1 Å². The largest absolute Gasteiger partial charge is 0.345 e. The summed E-state index contributed by atoms with van der Waals surface area (Å²) in [5, 5.41) is 10.5. The summed E-state index contributed by atoms with van der Waals surface area (Å²) in [6, 6.07) is 2.63. The maximum absolute atomic E-state index is 11.7. The van der Waals surface area contributed by atoms with Gasteiger partial charge in [-0.15, -0.1) is 0 Å². The van der Waals surface area contributed by atoms with Gasteiger partial charge in [-0.05, 0) is 6.07 Å². The fraction of sp³-hybridized carbons (Fsp3) is 0.222. The second kappa shape index (κ2) is 6.44. The van der Waals surface area contributed by atoms with E-state index in [1.807, 2.05) is 0 Å². The van der Waals surface area contributed by atoms with Crippen LogP contribution in [0.25, 0.3) is 0 Å². The molecule has 1 N–H and O–H groups in total. The summed E-state index contributed by atoms with van der Waals surface area (Å²) in [4.78, 5) is 21.7. The zero-order chi connectivity index (χ0) is 14.1. The van der Waals surface area contributed by atoms with Crippen molar-refractivity contribution in [2.75, 3.05) is 14.1 Å². The van der Waals surface area contributed by atoms with Gasteiger partial charge in [0.2, 0.25) is 0 Å². The van der Waals surface area contributed by atoms with E-state index in [2.05, 4.69) is 0 Å². The van der Waals surface area contributed by atoms with Gasteiger partial charge in [0.25, 0.3) is 21.7 Å². The molecule has 1 aromatic rings. The molecule has 1 aromatic carbocycles. The summed E-state index contributed by atoms with van der Waals surface area (Å²) in [5.41, 5.74) is -0.856. The fourth-order valence-electron chi connectivity index (χ4n) is 1.26. The van der Waals surface area contributed by atoms with Crippen LogP contribution in [0.1, 0.15) is 10.4 Å². The number of nitrogens with zero attached hydrogens (tertiary/aromatic N) is 2. The Kier molecular flexibility index (Phi) is 6.10. The predicted molar refractivity (Wildman–Crippen MR) is 66.7 cm³/mol. The molecule has 0 bridgehead atoms. The molecule has 0 saturated heterocycles. The number of nitro benzene ring substituents is 1. The number of rotatable bonds is 3. The maximum Gasteiger partial charge on any atom is 0.295 e. The number of non-ortho nitro benzene ring substituents is 1. The van der Waals surface area contributed by atoms with Gasteiger partial charge in [-0.25, -0.2) is 0 Å². The van der Waals surface area contributed by atoms with Gasteiger partial charge in [-0.2, -0.15) is 8.42 Å². The van der Waals surface area contributed by atoms with Crippen LogP contribution in [-0.2, 0) is 10.1 Å². The number of carbonyl (C=O) groups is 1. The van der Waals surface area contributed by atoms with Gasteiger partial charge in [0.15, 0.2) is 0 Å². The molecule has 0 aliphatic heterocycles. The van der Waals surface area contributed by atoms with E-state index in [9.17, 15) is 23.3 Å². The van der Waals surface area contributed by atoms with Crippen molar-refractivity contribution in [1.82, 2.24) is 4.90 Å². The molecular formula is C9H10N2NaO6S. The molecule has 8 nitrogen and oxygen atoms in total. The average molecular weight is 297 g/mol. The summed E-state index contributed by atoms with van der Waals surface area (Å²) >= 11 is 0. The standard InChI is InChI=1S/C9H10N2O6S.Na/c1-10(2)9(12)7-4-3-6(11(13)14)5-8(7)18(15,16)17;/h3-5H,1-2H3,(H,15,16,17);. The first-order valence-electron chi connectivity index (χ1n) is 4.62. The van der Waals surface area contributed by atoms with Crippen LogP contribution in [0.4, 0.5) is 5.69 Å². The Morgan fingerprint density at radius 1 is 1.37 bits per heavy atom. The normalized spacial score (nSPS) is 10.5. The van der Waals surface area contributed by atoms with E-state index in [4.69, 9.17) is 4.55 Å². The van der Waals surface area contributed by atoms with Gasteiger partial charge < -0.3 is 4.90 Å². The second-order valence-electron chi connectivity index (χ2n) is 3.61. The monoisotopic (exact) mass is 297 g/mol. The van der Waals surface area contributed by atoms with Crippen molar-refractivity contribution >= 4 is 51.3 Å². The Morgan fingerprint density at radius 2 is 1.89 bits per heavy atom. The van der Waals surface area contributed by atoms with Gasteiger partial charge in [-0.3, -0.25) is 19.5 Å². The van der Waals surface area contributed by atoms with Crippen LogP contribution in [0.5, 0.6) is 0 Å². The Morgan fingerprint density at radius 3 is 2.26 bits per heavy atom. The molecule has 0 aliphatic rings. The van der Waals surface area contributed by atoms with Gasteiger partial charge in [0, 0.05) is 55.8 Å². The summed E-state index contributed by atoms with van der Waals surface area (Å²) in [6.45, 7) is 0. The van der Waals surface area contributed by atoms with E-state index in [0.29, 0.717) is 6.07 Å². The van der Waals surface area contributed by atoms with Crippen LogP contribution in [-0.4, -0.2) is 72.4 Å². The molecular weight excluding hydrogens is 287 g/mol. The number of amides is 1. The first kappa shape index (κ1) is 18.0. The molecule has 0 atom stereocenters. The van der Waals surface area contributed by atoms with Crippen molar-refractivity contribution in [3.63, 3.8) is 0 Å². The maximum atomic E-state index is 11.7.